The molecule has 2 aromatic rings. The lowest BCUT2D eigenvalue weighted by atomic mass is 9.89. The van der Waals surface area contributed by atoms with Crippen molar-refractivity contribution in [3.63, 3.8) is 0 Å². The van der Waals surface area contributed by atoms with Crippen molar-refractivity contribution in [3.05, 3.63) is 47.4 Å². The molecule has 1 aromatic carbocycles. The minimum Gasteiger partial charge on any atom is -0.397 e. The fourth-order valence-corrected chi connectivity index (χ4v) is 3.28. The molecule has 2 amide bonds. The summed E-state index contributed by atoms with van der Waals surface area (Å²) < 4.78 is 14.3. The van der Waals surface area contributed by atoms with E-state index in [1.54, 1.807) is 31.3 Å². The van der Waals surface area contributed by atoms with Crippen molar-refractivity contribution in [1.29, 1.82) is 0 Å². The molecule has 1 aliphatic heterocycles. The number of anilines is 1. The normalized spacial score (nSPS) is 18.9. The van der Waals surface area contributed by atoms with Crippen LogP contribution in [-0.2, 0) is 4.79 Å². The van der Waals surface area contributed by atoms with Gasteiger partial charge in [0.1, 0.15) is 5.69 Å². The number of aromatic nitrogens is 1. The van der Waals surface area contributed by atoms with Crippen LogP contribution in [0.2, 0.25) is 0 Å². The van der Waals surface area contributed by atoms with E-state index in [1.165, 1.54) is 4.90 Å². The Kier molecular flexibility index (Phi) is 5.52. The van der Waals surface area contributed by atoms with E-state index in [4.69, 9.17) is 11.5 Å². The highest BCUT2D eigenvalue weighted by molar-refractivity contribution is 5.96. The molecule has 0 radical (unpaired) electrons. The van der Waals surface area contributed by atoms with Crippen molar-refractivity contribution >= 4 is 17.5 Å². The first-order valence-electron chi connectivity index (χ1n) is 9.04. The Labute approximate surface area is 167 Å². The lowest BCUT2D eigenvalue weighted by Crippen LogP contribution is -2.51. The average Bonchev–Trinajstić information content (AvgIpc) is 2.66. The maximum Gasteiger partial charge on any atom is 0.269 e. The number of rotatable bonds is 3. The maximum atomic E-state index is 14.3. The largest absolute Gasteiger partial charge is 0.397 e. The minimum atomic E-state index is -1.49. The first kappa shape index (κ1) is 20.3. The molecule has 3 rings (SSSR count). The molecule has 1 aliphatic rings. The summed E-state index contributed by atoms with van der Waals surface area (Å²) in [6.07, 6.45) is 1.07. The number of nitrogens with two attached hydrogens (primary N) is 2. The number of carbonyl (C=O) groups excluding carboxylic acids is 2. The van der Waals surface area contributed by atoms with Crippen molar-refractivity contribution in [2.45, 2.75) is 24.9 Å². The predicted molar refractivity (Wildman–Crippen MR) is 106 cm³/mol. The Morgan fingerprint density at radius 2 is 2.17 bits per heavy atom. The van der Waals surface area contributed by atoms with E-state index in [1.807, 2.05) is 0 Å². The number of nitrogens with zero attached hydrogens (tertiary/aromatic N) is 2. The molecule has 29 heavy (non-hydrogen) atoms. The molecule has 0 bridgehead atoms. The van der Waals surface area contributed by atoms with E-state index in [2.05, 4.69) is 16.8 Å². The number of likely N-dealkylation sites (N-methyl/N-ethyl adjacent to an activating group) is 1. The highest BCUT2D eigenvalue weighted by Gasteiger charge is 2.40. The second-order valence-corrected chi connectivity index (χ2v) is 7.04. The summed E-state index contributed by atoms with van der Waals surface area (Å²) in [6.45, 7) is 0.615. The molecule has 0 aliphatic carbocycles. The summed E-state index contributed by atoms with van der Waals surface area (Å²) >= 11 is 0. The number of nitrogen functional groups attached to an aromatic ring is 1. The summed E-state index contributed by atoms with van der Waals surface area (Å²) in [5.74, 6) is 3.84. The zero-order valence-electron chi connectivity index (χ0n) is 15.9. The zero-order valence-corrected chi connectivity index (χ0v) is 15.9. The minimum absolute atomic E-state index is 0.000701. The van der Waals surface area contributed by atoms with Gasteiger partial charge in [0.15, 0.2) is 17.1 Å². The Morgan fingerprint density at radius 1 is 1.41 bits per heavy atom. The Morgan fingerprint density at radius 3 is 2.90 bits per heavy atom. The molecule has 1 unspecified atom stereocenters. The molecule has 150 valence electrons. The lowest BCUT2D eigenvalue weighted by Gasteiger charge is -2.35. The standard InChI is InChI=1S/C21H21FN4O3/c1-26-10-4-9-21(29,20(26)28)8-3-6-13-5-2-7-14(11-13)17-15(22)12-16(23)18(25-17)19(24)27/h2,5,7,11-12,29H,4,8-10,23H2,1H3,(H2,24,27). The number of hydrogen-bond donors (Lipinski definition) is 3. The lowest BCUT2D eigenvalue weighted by molar-refractivity contribution is -0.154. The van der Waals surface area contributed by atoms with Crippen LogP contribution in [0.5, 0.6) is 0 Å². The summed E-state index contributed by atoms with van der Waals surface area (Å²) in [7, 11) is 1.65. The van der Waals surface area contributed by atoms with Gasteiger partial charge < -0.3 is 21.5 Å². The molecule has 0 spiro atoms. The quantitative estimate of drug-likeness (QED) is 0.675. The van der Waals surface area contributed by atoms with Crippen molar-refractivity contribution in [1.82, 2.24) is 9.88 Å². The van der Waals surface area contributed by atoms with Crippen LogP contribution in [0.4, 0.5) is 10.1 Å². The van der Waals surface area contributed by atoms with Crippen LogP contribution in [0.1, 0.15) is 35.3 Å². The molecule has 1 aromatic heterocycles. The van der Waals surface area contributed by atoms with Crippen LogP contribution in [-0.4, -0.2) is 46.0 Å². The van der Waals surface area contributed by atoms with Gasteiger partial charge in [0.25, 0.3) is 11.8 Å². The number of pyridine rings is 1. The Bertz CT molecular complexity index is 1040. The van der Waals surface area contributed by atoms with Crippen LogP contribution in [0.25, 0.3) is 11.3 Å². The number of primary amides is 1. The Balaban J connectivity index is 1.87. The average molecular weight is 396 g/mol. The van der Waals surface area contributed by atoms with Crippen molar-refractivity contribution in [2.24, 2.45) is 5.73 Å². The summed E-state index contributed by atoms with van der Waals surface area (Å²) in [5.41, 5.74) is 9.85. The zero-order chi connectivity index (χ0) is 21.2. The van der Waals surface area contributed by atoms with Crippen molar-refractivity contribution in [2.75, 3.05) is 19.3 Å². The predicted octanol–water partition coefficient (Wildman–Crippen LogP) is 1.29. The van der Waals surface area contributed by atoms with E-state index < -0.39 is 17.3 Å². The fourth-order valence-electron chi connectivity index (χ4n) is 3.28. The third-order valence-electron chi connectivity index (χ3n) is 4.82. The number of aliphatic hydroxyl groups is 1. The van der Waals surface area contributed by atoms with E-state index >= 15 is 0 Å². The monoisotopic (exact) mass is 396 g/mol. The molecular formula is C21H21FN4O3. The first-order chi connectivity index (χ1) is 13.7. The number of likely N-dealkylation sites (tertiary alicyclic amines) is 1. The number of hydrogen-bond acceptors (Lipinski definition) is 5. The number of piperidine rings is 1. The van der Waals surface area contributed by atoms with Crippen LogP contribution in [0.15, 0.2) is 30.3 Å². The van der Waals surface area contributed by atoms with Gasteiger partial charge in [-0.15, -0.1) is 0 Å². The van der Waals surface area contributed by atoms with E-state index in [-0.39, 0.29) is 29.4 Å². The molecule has 1 saturated heterocycles. The van der Waals surface area contributed by atoms with Crippen LogP contribution < -0.4 is 11.5 Å². The van der Waals surface area contributed by atoms with Crippen LogP contribution in [0, 0.1) is 17.7 Å². The van der Waals surface area contributed by atoms with Crippen molar-refractivity contribution < 1.29 is 19.1 Å². The van der Waals surface area contributed by atoms with Gasteiger partial charge in [-0.25, -0.2) is 9.37 Å². The fraction of sp³-hybridized carbons (Fsp3) is 0.286. The van der Waals surface area contributed by atoms with E-state index in [0.29, 0.717) is 30.5 Å². The van der Waals surface area contributed by atoms with E-state index in [0.717, 1.165) is 6.07 Å². The topological polar surface area (TPSA) is 123 Å². The highest BCUT2D eigenvalue weighted by atomic mass is 19.1. The van der Waals surface area contributed by atoms with Gasteiger partial charge in [-0.2, -0.15) is 0 Å². The van der Waals surface area contributed by atoms with Gasteiger partial charge in [0.05, 0.1) is 5.69 Å². The number of carbonyl (C=O) groups is 2. The van der Waals surface area contributed by atoms with Crippen LogP contribution >= 0.6 is 0 Å². The molecule has 8 heteroatoms. The summed E-state index contributed by atoms with van der Waals surface area (Å²) in [4.78, 5) is 29.1. The van der Waals surface area contributed by atoms with Gasteiger partial charge in [-0.1, -0.05) is 24.0 Å². The smallest absolute Gasteiger partial charge is 0.269 e. The number of benzene rings is 1. The molecule has 0 saturated carbocycles. The van der Waals surface area contributed by atoms with Gasteiger partial charge in [0.2, 0.25) is 0 Å². The van der Waals surface area contributed by atoms with Gasteiger partial charge in [0, 0.05) is 37.2 Å². The maximum absolute atomic E-state index is 14.3. The molecule has 5 N–H and O–H groups in total. The first-order valence-corrected chi connectivity index (χ1v) is 9.04. The van der Waals surface area contributed by atoms with Gasteiger partial charge in [-0.05, 0) is 25.0 Å². The molecule has 1 atom stereocenters. The Hall–Kier alpha value is -3.44. The third kappa shape index (κ3) is 4.20. The molecule has 2 heterocycles. The molecule has 1 fully saturated rings. The second kappa shape index (κ2) is 7.89. The van der Waals surface area contributed by atoms with Crippen LogP contribution in [0.3, 0.4) is 0 Å². The molecule has 7 nitrogen and oxygen atoms in total. The SMILES string of the molecule is CN1CCCC(O)(CC#Cc2cccc(-c3nc(C(N)=O)c(N)cc3F)c2)C1=O. The summed E-state index contributed by atoms with van der Waals surface area (Å²) in [6, 6.07) is 7.58. The van der Waals surface area contributed by atoms with E-state index in [9.17, 15) is 19.1 Å². The van der Waals surface area contributed by atoms with Crippen molar-refractivity contribution in [3.8, 4) is 23.1 Å². The second-order valence-electron chi connectivity index (χ2n) is 7.04. The number of amides is 2. The van der Waals surface area contributed by atoms with Gasteiger partial charge >= 0.3 is 0 Å². The number of halogens is 1. The van der Waals surface area contributed by atoms with Gasteiger partial charge in [-0.3, -0.25) is 9.59 Å². The summed E-state index contributed by atoms with van der Waals surface area (Å²) in [5, 5.41) is 10.6. The molecular weight excluding hydrogens is 375 g/mol. The third-order valence-corrected chi connectivity index (χ3v) is 4.82. The highest BCUT2D eigenvalue weighted by Crippen LogP contribution is 2.26.